The Kier molecular flexibility index (Phi) is 7.38. The lowest BCUT2D eigenvalue weighted by Gasteiger charge is -2.26. The molecular weight excluding hydrogens is 348 g/mol. The van der Waals surface area contributed by atoms with Gasteiger partial charge in [-0.15, -0.1) is 0 Å². The number of aryl methyl sites for hydroxylation is 1. The third-order valence-corrected chi connectivity index (χ3v) is 4.56. The van der Waals surface area contributed by atoms with Crippen LogP contribution in [-0.4, -0.2) is 35.7 Å². The number of fused-ring (bicyclic) bond motifs is 1. The van der Waals surface area contributed by atoms with Crippen LogP contribution in [0.5, 0.6) is 5.88 Å². The number of nitrogens with one attached hydrogen (secondary N) is 2. The number of ether oxygens (including phenoxy) is 1. The third kappa shape index (κ3) is 6.06. The molecule has 146 valence electrons. The molecule has 0 saturated heterocycles. The van der Waals surface area contributed by atoms with Crippen LogP contribution in [-0.2, 0) is 0 Å². The monoisotopic (exact) mass is 376 g/mol. The van der Waals surface area contributed by atoms with Gasteiger partial charge in [0.15, 0.2) is 0 Å². The minimum absolute atomic E-state index is 0.103. The van der Waals surface area contributed by atoms with E-state index >= 15 is 0 Å². The molecule has 1 aromatic carbocycles. The van der Waals surface area contributed by atoms with Gasteiger partial charge in [-0.2, -0.15) is 0 Å². The van der Waals surface area contributed by atoms with Gasteiger partial charge >= 0.3 is 0 Å². The number of anilines is 1. The van der Waals surface area contributed by atoms with Gasteiger partial charge in [0.25, 0.3) is 0 Å². The lowest BCUT2D eigenvalue weighted by atomic mass is 10.0. The molecule has 0 fully saturated rings. The highest BCUT2D eigenvalue weighted by Gasteiger charge is 2.19. The first kappa shape index (κ1) is 19.8. The van der Waals surface area contributed by atoms with Gasteiger partial charge in [-0.1, -0.05) is 49.4 Å². The van der Waals surface area contributed by atoms with Crippen LogP contribution in [0.25, 0.3) is 0 Å². The number of rotatable bonds is 5. The lowest BCUT2D eigenvalue weighted by molar-refractivity contribution is 0.193. The molecule has 3 aromatic rings. The summed E-state index contributed by atoms with van der Waals surface area (Å²) in [4.78, 5) is 8.60. The van der Waals surface area contributed by atoms with Crippen LogP contribution in [0.1, 0.15) is 24.1 Å². The van der Waals surface area contributed by atoms with Crippen LogP contribution >= 0.6 is 0 Å². The molecule has 0 aliphatic carbocycles. The van der Waals surface area contributed by atoms with Gasteiger partial charge in [-0.05, 0) is 36.6 Å². The second kappa shape index (κ2) is 10.4. The molecule has 2 atom stereocenters. The zero-order valence-electron chi connectivity index (χ0n) is 16.5. The third-order valence-electron chi connectivity index (χ3n) is 4.56. The highest BCUT2D eigenvalue weighted by molar-refractivity contribution is 5.53. The van der Waals surface area contributed by atoms with Gasteiger partial charge in [0.1, 0.15) is 6.10 Å². The van der Waals surface area contributed by atoms with E-state index in [1.165, 1.54) is 5.56 Å². The minimum atomic E-state index is 0.103. The highest BCUT2D eigenvalue weighted by Crippen LogP contribution is 2.25. The molecule has 1 aliphatic heterocycles. The molecule has 0 radical (unpaired) electrons. The number of benzene rings is 1. The van der Waals surface area contributed by atoms with E-state index < -0.39 is 0 Å². The molecule has 4 rings (SSSR count). The first-order chi connectivity index (χ1) is 13.7. The van der Waals surface area contributed by atoms with Crippen LogP contribution in [0, 0.1) is 6.92 Å². The van der Waals surface area contributed by atoms with E-state index in [1.807, 2.05) is 61.7 Å². The number of hydrogen-bond acceptors (Lipinski definition) is 5. The van der Waals surface area contributed by atoms with Crippen molar-refractivity contribution in [3.8, 4) is 5.88 Å². The Labute approximate surface area is 167 Å². The van der Waals surface area contributed by atoms with E-state index in [1.54, 1.807) is 6.20 Å². The van der Waals surface area contributed by atoms with Crippen molar-refractivity contribution in [2.75, 3.05) is 25.0 Å². The average molecular weight is 377 g/mol. The van der Waals surface area contributed by atoms with Crippen molar-refractivity contribution in [3.63, 3.8) is 0 Å². The Bertz CT molecular complexity index is 797. The standard InChI is InChI=1S/C17H22N4O.C6H6/c1-12(14-6-5-13(2)20-9-14)8-18-10-15-11-21-16-4-3-7-19-17(16)22-15;1-2-4-6-5-3-1/h3-7,9,12,15,18,21H,8,10-11H2,1-2H3;1-6H. The number of pyridine rings is 2. The molecule has 0 saturated carbocycles. The van der Waals surface area contributed by atoms with Gasteiger partial charge in [0.05, 0.1) is 12.2 Å². The van der Waals surface area contributed by atoms with Crippen LogP contribution < -0.4 is 15.4 Å². The summed E-state index contributed by atoms with van der Waals surface area (Å²) < 4.78 is 5.89. The number of hydrogen-bond donors (Lipinski definition) is 2. The Hall–Kier alpha value is -2.92. The first-order valence-corrected chi connectivity index (χ1v) is 9.71. The quantitative estimate of drug-likeness (QED) is 0.704. The molecule has 3 heterocycles. The summed E-state index contributed by atoms with van der Waals surface area (Å²) in [5.74, 6) is 1.12. The predicted octanol–water partition coefficient (Wildman–Crippen LogP) is 4.04. The molecule has 1 aliphatic rings. The van der Waals surface area contributed by atoms with Crippen LogP contribution in [0.4, 0.5) is 5.69 Å². The number of nitrogens with zero attached hydrogens (tertiary/aromatic N) is 2. The van der Waals surface area contributed by atoms with Crippen molar-refractivity contribution in [3.05, 3.63) is 84.3 Å². The van der Waals surface area contributed by atoms with Gasteiger partial charge in [-0.3, -0.25) is 4.98 Å². The van der Waals surface area contributed by atoms with E-state index in [4.69, 9.17) is 4.74 Å². The summed E-state index contributed by atoms with van der Waals surface area (Å²) >= 11 is 0. The zero-order valence-corrected chi connectivity index (χ0v) is 16.5. The van der Waals surface area contributed by atoms with E-state index in [0.29, 0.717) is 11.8 Å². The topological polar surface area (TPSA) is 59.1 Å². The van der Waals surface area contributed by atoms with Crippen molar-refractivity contribution in [2.45, 2.75) is 25.9 Å². The van der Waals surface area contributed by atoms with Gasteiger partial charge in [0, 0.05) is 31.2 Å². The average Bonchev–Trinajstić information content (AvgIpc) is 2.76. The van der Waals surface area contributed by atoms with Crippen LogP contribution in [0.15, 0.2) is 73.1 Å². The SMILES string of the molecule is Cc1ccc(C(C)CNCC2CNc3cccnc3O2)cn1.c1ccccc1. The molecule has 2 aromatic heterocycles. The molecule has 2 unspecified atom stereocenters. The maximum absolute atomic E-state index is 5.89. The molecule has 0 amide bonds. The normalized spacial score (nSPS) is 15.9. The Morgan fingerprint density at radius 3 is 2.50 bits per heavy atom. The molecule has 2 N–H and O–H groups in total. The smallest absolute Gasteiger partial charge is 0.237 e. The largest absolute Gasteiger partial charge is 0.470 e. The fourth-order valence-electron chi connectivity index (χ4n) is 2.89. The maximum Gasteiger partial charge on any atom is 0.237 e. The van der Waals surface area contributed by atoms with Crippen molar-refractivity contribution < 1.29 is 4.74 Å². The van der Waals surface area contributed by atoms with E-state index in [2.05, 4.69) is 39.7 Å². The van der Waals surface area contributed by atoms with Crippen LogP contribution in [0.2, 0.25) is 0 Å². The summed E-state index contributed by atoms with van der Waals surface area (Å²) in [7, 11) is 0. The second-order valence-electron chi connectivity index (χ2n) is 6.92. The van der Waals surface area contributed by atoms with Crippen molar-refractivity contribution in [2.24, 2.45) is 0 Å². The van der Waals surface area contributed by atoms with Crippen molar-refractivity contribution >= 4 is 5.69 Å². The van der Waals surface area contributed by atoms with Crippen molar-refractivity contribution in [1.82, 2.24) is 15.3 Å². The summed E-state index contributed by atoms with van der Waals surface area (Å²) in [6.07, 6.45) is 3.81. The molecule has 0 bridgehead atoms. The number of aromatic nitrogens is 2. The summed E-state index contributed by atoms with van der Waals surface area (Å²) in [5.41, 5.74) is 3.28. The Morgan fingerprint density at radius 1 is 1.07 bits per heavy atom. The fourth-order valence-corrected chi connectivity index (χ4v) is 2.89. The fraction of sp³-hybridized carbons (Fsp3) is 0.304. The van der Waals surface area contributed by atoms with Gasteiger partial charge < -0.3 is 15.4 Å². The van der Waals surface area contributed by atoms with E-state index in [0.717, 1.165) is 31.0 Å². The summed E-state index contributed by atoms with van der Waals surface area (Å²) in [6, 6.07) is 20.1. The molecule has 5 nitrogen and oxygen atoms in total. The Balaban J connectivity index is 0.000000320. The molecule has 28 heavy (non-hydrogen) atoms. The van der Waals surface area contributed by atoms with Crippen LogP contribution in [0.3, 0.4) is 0 Å². The molecule has 5 heteroatoms. The summed E-state index contributed by atoms with van der Waals surface area (Å²) in [5, 5.41) is 6.83. The van der Waals surface area contributed by atoms with E-state index in [9.17, 15) is 0 Å². The predicted molar refractivity (Wildman–Crippen MR) is 114 cm³/mol. The zero-order chi connectivity index (χ0) is 19.6. The highest BCUT2D eigenvalue weighted by atomic mass is 16.5. The summed E-state index contributed by atoms with van der Waals surface area (Å²) in [6.45, 7) is 6.71. The first-order valence-electron chi connectivity index (χ1n) is 9.71. The molecule has 0 spiro atoms. The van der Waals surface area contributed by atoms with Gasteiger partial charge in [-0.25, -0.2) is 4.98 Å². The lowest BCUT2D eigenvalue weighted by Crippen LogP contribution is -2.40. The Morgan fingerprint density at radius 2 is 1.82 bits per heavy atom. The molecular formula is C23H28N4O. The van der Waals surface area contributed by atoms with E-state index in [-0.39, 0.29) is 6.10 Å². The maximum atomic E-state index is 5.89. The van der Waals surface area contributed by atoms with Gasteiger partial charge in [0.2, 0.25) is 5.88 Å². The second-order valence-corrected chi connectivity index (χ2v) is 6.92. The minimum Gasteiger partial charge on any atom is -0.470 e. The van der Waals surface area contributed by atoms with Crippen molar-refractivity contribution in [1.29, 1.82) is 0 Å².